The van der Waals surface area contributed by atoms with Gasteiger partial charge >= 0.3 is 0 Å². The number of aryl methyl sites for hydroxylation is 1. The fourth-order valence-corrected chi connectivity index (χ4v) is 7.96. The molecule has 4 nitrogen and oxygen atoms in total. The Balaban J connectivity index is 1.44. The molecule has 5 rings (SSSR count). The zero-order valence-corrected chi connectivity index (χ0v) is 17.6. The Kier molecular flexibility index (Phi) is 4.34. The van der Waals surface area contributed by atoms with Gasteiger partial charge in [0.25, 0.3) is 0 Å². The fraction of sp³-hybridized carbons (Fsp3) is 0.792. The van der Waals surface area contributed by atoms with Crippen LogP contribution in [-0.2, 0) is 7.05 Å². The summed E-state index contributed by atoms with van der Waals surface area (Å²) in [5, 5.41) is 25.8. The molecule has 1 aromatic heterocycles. The van der Waals surface area contributed by atoms with Crippen molar-refractivity contribution in [2.45, 2.75) is 77.4 Å². The van der Waals surface area contributed by atoms with E-state index in [4.69, 9.17) is 0 Å². The zero-order valence-electron chi connectivity index (χ0n) is 17.6. The number of nitrogens with zero attached hydrogens (tertiary/aromatic N) is 2. The normalized spacial score (nSPS) is 49.5. The first-order valence-corrected chi connectivity index (χ1v) is 11.4. The lowest BCUT2D eigenvalue weighted by Crippen LogP contribution is -2.54. The molecule has 0 radical (unpaired) electrons. The van der Waals surface area contributed by atoms with E-state index in [1.165, 1.54) is 31.3 Å². The highest BCUT2D eigenvalue weighted by Gasteiger charge is 2.61. The molecule has 0 unspecified atom stereocenters. The van der Waals surface area contributed by atoms with E-state index < -0.39 is 0 Å². The van der Waals surface area contributed by atoms with Gasteiger partial charge in [0, 0.05) is 24.2 Å². The van der Waals surface area contributed by atoms with Crippen molar-refractivity contribution >= 4 is 6.08 Å². The molecule has 4 aliphatic carbocycles. The maximum atomic E-state index is 11.3. The monoisotopic (exact) mass is 384 g/mol. The van der Waals surface area contributed by atoms with Crippen molar-refractivity contribution in [2.24, 2.45) is 41.5 Å². The molecule has 4 aliphatic rings. The van der Waals surface area contributed by atoms with Crippen molar-refractivity contribution in [3.63, 3.8) is 0 Å². The predicted octanol–water partition coefficient (Wildman–Crippen LogP) is 4.18. The predicted molar refractivity (Wildman–Crippen MR) is 110 cm³/mol. The number of hydrogen-bond donors (Lipinski definition) is 2. The summed E-state index contributed by atoms with van der Waals surface area (Å²) in [6.07, 6.45) is 14.9. The topological polar surface area (TPSA) is 58.3 Å². The molecule has 4 fully saturated rings. The molecule has 0 aliphatic heterocycles. The van der Waals surface area contributed by atoms with Gasteiger partial charge in [-0.1, -0.05) is 19.9 Å². The minimum Gasteiger partial charge on any atom is -0.393 e. The van der Waals surface area contributed by atoms with E-state index in [9.17, 15) is 10.2 Å². The van der Waals surface area contributed by atoms with Crippen LogP contribution >= 0.6 is 0 Å². The van der Waals surface area contributed by atoms with Gasteiger partial charge in [0.1, 0.15) is 0 Å². The highest BCUT2D eigenvalue weighted by atomic mass is 16.3. The van der Waals surface area contributed by atoms with E-state index in [-0.39, 0.29) is 17.6 Å². The summed E-state index contributed by atoms with van der Waals surface area (Å²) < 4.78 is 1.83. The van der Waals surface area contributed by atoms with Gasteiger partial charge in [-0.3, -0.25) is 4.68 Å². The third-order valence-electron chi connectivity index (χ3n) is 9.58. The van der Waals surface area contributed by atoms with Gasteiger partial charge in [-0.15, -0.1) is 0 Å². The smallest absolute Gasteiger partial charge is 0.0809 e. The Labute approximate surface area is 169 Å². The number of fused-ring (bicyclic) bond motifs is 5. The second-order valence-corrected chi connectivity index (χ2v) is 10.9. The van der Waals surface area contributed by atoms with Crippen molar-refractivity contribution < 1.29 is 10.2 Å². The maximum absolute atomic E-state index is 11.3. The van der Waals surface area contributed by atoms with Crippen LogP contribution in [0.2, 0.25) is 0 Å². The molecule has 2 N–H and O–H groups in total. The van der Waals surface area contributed by atoms with Gasteiger partial charge in [-0.05, 0) is 86.0 Å². The number of hydrogen-bond acceptors (Lipinski definition) is 3. The van der Waals surface area contributed by atoms with Crippen LogP contribution in [0.3, 0.4) is 0 Å². The summed E-state index contributed by atoms with van der Waals surface area (Å²) in [4.78, 5) is 0. The number of aromatic nitrogens is 2. The molecule has 4 heteroatoms. The average Bonchev–Trinajstić information content (AvgIpc) is 3.18. The first kappa shape index (κ1) is 18.9. The van der Waals surface area contributed by atoms with Crippen molar-refractivity contribution in [1.29, 1.82) is 0 Å². The number of aliphatic hydroxyl groups is 2. The highest BCUT2D eigenvalue weighted by molar-refractivity contribution is 5.54. The molecule has 154 valence electrons. The first-order valence-electron chi connectivity index (χ1n) is 11.4. The SMILES string of the molecule is Cn1cc(/C=C2\C[C@@H]3[C@H]4CC[C@H]5C[C@@H](O)CC[C@]5(C)[C@@H]4CC[C@]3(C)[C@@H]2O)cn1. The van der Waals surface area contributed by atoms with Gasteiger partial charge in [0.2, 0.25) is 0 Å². The minimum atomic E-state index is -0.322. The lowest BCUT2D eigenvalue weighted by Gasteiger charge is -2.60. The molecule has 0 bridgehead atoms. The van der Waals surface area contributed by atoms with E-state index >= 15 is 0 Å². The molecule has 28 heavy (non-hydrogen) atoms. The molecular formula is C24H36N2O2. The summed E-state index contributed by atoms with van der Waals surface area (Å²) in [5.41, 5.74) is 2.73. The molecule has 0 spiro atoms. The molecule has 0 amide bonds. The van der Waals surface area contributed by atoms with Crippen LogP contribution in [-0.4, -0.2) is 32.2 Å². The van der Waals surface area contributed by atoms with Crippen LogP contribution in [0.15, 0.2) is 18.0 Å². The standard InChI is InChI=1S/C24H36N2O2/c1-23-8-6-18(27)12-17(23)4-5-19-20(23)7-9-24(2)21(19)11-16(22(24)28)10-15-13-25-26(3)14-15/h10,13-14,17-22,27-28H,4-9,11-12H2,1-3H3/b16-10+/t17-,18-,19-,20+,21+,22+,23-,24-/m0/s1. The van der Waals surface area contributed by atoms with E-state index in [1.807, 2.05) is 24.1 Å². The lowest BCUT2D eigenvalue weighted by molar-refractivity contribution is -0.133. The minimum absolute atomic E-state index is 0.0204. The maximum Gasteiger partial charge on any atom is 0.0809 e. The molecule has 0 saturated heterocycles. The van der Waals surface area contributed by atoms with Crippen molar-refractivity contribution in [2.75, 3.05) is 0 Å². The molecule has 8 atom stereocenters. The Bertz CT molecular complexity index is 785. The van der Waals surface area contributed by atoms with Crippen LogP contribution in [0.4, 0.5) is 0 Å². The van der Waals surface area contributed by atoms with E-state index in [2.05, 4.69) is 25.0 Å². The second-order valence-electron chi connectivity index (χ2n) is 10.9. The fourth-order valence-electron chi connectivity index (χ4n) is 7.96. The average molecular weight is 385 g/mol. The number of aliphatic hydroxyl groups excluding tert-OH is 2. The van der Waals surface area contributed by atoms with Gasteiger partial charge in [-0.25, -0.2) is 0 Å². The summed E-state index contributed by atoms with van der Waals surface area (Å²) in [6, 6.07) is 0. The molecule has 4 saturated carbocycles. The summed E-state index contributed by atoms with van der Waals surface area (Å²) >= 11 is 0. The third-order valence-corrected chi connectivity index (χ3v) is 9.58. The first-order chi connectivity index (χ1) is 13.3. The molecule has 0 aromatic carbocycles. The summed E-state index contributed by atoms with van der Waals surface area (Å²) in [7, 11) is 1.94. The van der Waals surface area contributed by atoms with Crippen LogP contribution in [0.5, 0.6) is 0 Å². The van der Waals surface area contributed by atoms with Crippen molar-refractivity contribution in [3.8, 4) is 0 Å². The highest BCUT2D eigenvalue weighted by Crippen LogP contribution is 2.67. The van der Waals surface area contributed by atoms with Gasteiger partial charge in [0.05, 0.1) is 18.4 Å². The quantitative estimate of drug-likeness (QED) is 0.764. The van der Waals surface area contributed by atoms with Gasteiger partial charge in [0.15, 0.2) is 0 Å². The van der Waals surface area contributed by atoms with E-state index in [0.29, 0.717) is 17.3 Å². The van der Waals surface area contributed by atoms with Gasteiger partial charge < -0.3 is 10.2 Å². The second kappa shape index (κ2) is 6.43. The number of rotatable bonds is 1. The Morgan fingerprint density at radius 1 is 1.07 bits per heavy atom. The Morgan fingerprint density at radius 2 is 1.86 bits per heavy atom. The Hall–Kier alpha value is -1.13. The van der Waals surface area contributed by atoms with Crippen LogP contribution < -0.4 is 0 Å². The van der Waals surface area contributed by atoms with Gasteiger partial charge in [-0.2, -0.15) is 5.10 Å². The molecule has 1 aromatic rings. The lowest BCUT2D eigenvalue weighted by atomic mass is 9.45. The third kappa shape index (κ3) is 2.67. The Morgan fingerprint density at radius 3 is 2.61 bits per heavy atom. The van der Waals surface area contributed by atoms with Crippen LogP contribution in [0, 0.1) is 34.5 Å². The molecule has 1 heterocycles. The van der Waals surface area contributed by atoms with E-state index in [1.54, 1.807) is 0 Å². The zero-order chi connectivity index (χ0) is 19.7. The molecular weight excluding hydrogens is 348 g/mol. The van der Waals surface area contributed by atoms with Crippen LogP contribution in [0.1, 0.15) is 70.8 Å². The van der Waals surface area contributed by atoms with E-state index in [0.717, 1.165) is 43.1 Å². The van der Waals surface area contributed by atoms with Crippen LogP contribution in [0.25, 0.3) is 6.08 Å². The van der Waals surface area contributed by atoms with Crippen molar-refractivity contribution in [3.05, 3.63) is 23.5 Å². The van der Waals surface area contributed by atoms with Crippen molar-refractivity contribution in [1.82, 2.24) is 9.78 Å². The largest absolute Gasteiger partial charge is 0.393 e. The summed E-state index contributed by atoms with van der Waals surface area (Å²) in [5.74, 6) is 2.78. The summed E-state index contributed by atoms with van der Waals surface area (Å²) in [6.45, 7) is 4.88.